The third kappa shape index (κ3) is 2.90. The Morgan fingerprint density at radius 1 is 1.35 bits per heavy atom. The van der Waals surface area contributed by atoms with Crippen molar-refractivity contribution >= 4 is 11.3 Å². The molecule has 0 spiro atoms. The van der Waals surface area contributed by atoms with E-state index in [2.05, 4.69) is 35.2 Å². The standard InChI is InChI=1S/C13H17N3S/c1-9-4-10(2)13(16-6-9)12(14-3)5-11-7-15-8-17-11/h4,6-8,12,14H,5H2,1-3H3. The number of nitrogens with zero attached hydrogens (tertiary/aromatic N) is 2. The summed E-state index contributed by atoms with van der Waals surface area (Å²) in [7, 11) is 1.98. The summed E-state index contributed by atoms with van der Waals surface area (Å²) < 4.78 is 0. The number of aromatic nitrogens is 2. The third-order valence-electron chi connectivity index (χ3n) is 2.82. The summed E-state index contributed by atoms with van der Waals surface area (Å²) in [6, 6.07) is 2.44. The van der Waals surface area contributed by atoms with Crippen LogP contribution in [-0.4, -0.2) is 17.0 Å². The molecule has 17 heavy (non-hydrogen) atoms. The molecule has 2 aromatic heterocycles. The van der Waals surface area contributed by atoms with Crippen LogP contribution in [0.5, 0.6) is 0 Å². The van der Waals surface area contributed by atoms with Crippen LogP contribution in [0.4, 0.5) is 0 Å². The van der Waals surface area contributed by atoms with Gasteiger partial charge < -0.3 is 5.32 Å². The lowest BCUT2D eigenvalue weighted by molar-refractivity contribution is 0.575. The van der Waals surface area contributed by atoms with Gasteiger partial charge in [-0.05, 0) is 32.0 Å². The summed E-state index contributed by atoms with van der Waals surface area (Å²) in [4.78, 5) is 9.94. The number of aryl methyl sites for hydroxylation is 2. The van der Waals surface area contributed by atoms with Gasteiger partial charge in [0.15, 0.2) is 0 Å². The van der Waals surface area contributed by atoms with Crippen LogP contribution in [0.25, 0.3) is 0 Å². The predicted molar refractivity (Wildman–Crippen MR) is 71.3 cm³/mol. The molecule has 0 bridgehead atoms. The number of pyridine rings is 1. The van der Waals surface area contributed by atoms with Gasteiger partial charge >= 0.3 is 0 Å². The molecule has 0 saturated carbocycles. The van der Waals surface area contributed by atoms with E-state index in [1.807, 2.05) is 25.0 Å². The predicted octanol–water partition coefficient (Wildman–Crippen LogP) is 2.66. The Kier molecular flexibility index (Phi) is 3.86. The maximum absolute atomic E-state index is 4.55. The van der Waals surface area contributed by atoms with Gasteiger partial charge in [0.05, 0.1) is 17.2 Å². The number of likely N-dealkylation sites (N-methyl/N-ethyl adjacent to an activating group) is 1. The first kappa shape index (κ1) is 12.2. The van der Waals surface area contributed by atoms with Gasteiger partial charge in [0.1, 0.15) is 0 Å². The highest BCUT2D eigenvalue weighted by atomic mass is 32.1. The van der Waals surface area contributed by atoms with Gasteiger partial charge in [-0.3, -0.25) is 9.97 Å². The Morgan fingerprint density at radius 2 is 2.18 bits per heavy atom. The number of rotatable bonds is 4. The van der Waals surface area contributed by atoms with Crippen LogP contribution in [0.15, 0.2) is 24.0 Å². The van der Waals surface area contributed by atoms with E-state index in [1.165, 1.54) is 16.0 Å². The van der Waals surface area contributed by atoms with Crippen LogP contribution in [0.1, 0.15) is 27.7 Å². The van der Waals surface area contributed by atoms with Crippen molar-refractivity contribution in [2.45, 2.75) is 26.3 Å². The molecule has 0 fully saturated rings. The molecular formula is C13H17N3S. The smallest absolute Gasteiger partial charge is 0.0794 e. The van der Waals surface area contributed by atoms with Crippen molar-refractivity contribution in [3.8, 4) is 0 Å². The van der Waals surface area contributed by atoms with Gasteiger partial charge in [-0.15, -0.1) is 11.3 Å². The second kappa shape index (κ2) is 5.38. The zero-order valence-electron chi connectivity index (χ0n) is 10.4. The fourth-order valence-electron chi connectivity index (χ4n) is 1.97. The minimum Gasteiger partial charge on any atom is -0.311 e. The molecule has 1 unspecified atom stereocenters. The highest BCUT2D eigenvalue weighted by molar-refractivity contribution is 7.09. The Morgan fingerprint density at radius 3 is 2.76 bits per heavy atom. The van der Waals surface area contributed by atoms with Gasteiger partial charge in [0.25, 0.3) is 0 Å². The molecule has 2 heterocycles. The van der Waals surface area contributed by atoms with E-state index in [-0.39, 0.29) is 6.04 Å². The summed E-state index contributed by atoms with van der Waals surface area (Å²) in [5.41, 5.74) is 5.46. The van der Waals surface area contributed by atoms with Crippen molar-refractivity contribution < 1.29 is 0 Å². The van der Waals surface area contributed by atoms with Gasteiger partial charge in [-0.1, -0.05) is 6.07 Å². The van der Waals surface area contributed by atoms with E-state index in [1.54, 1.807) is 11.3 Å². The molecule has 4 heteroatoms. The van der Waals surface area contributed by atoms with Crippen molar-refractivity contribution in [3.05, 3.63) is 45.7 Å². The van der Waals surface area contributed by atoms with Crippen LogP contribution in [0.3, 0.4) is 0 Å². The topological polar surface area (TPSA) is 37.8 Å². The van der Waals surface area contributed by atoms with Crippen LogP contribution < -0.4 is 5.32 Å². The van der Waals surface area contributed by atoms with Crippen LogP contribution in [-0.2, 0) is 6.42 Å². The fourth-order valence-corrected chi connectivity index (χ4v) is 2.61. The van der Waals surface area contributed by atoms with Crippen LogP contribution >= 0.6 is 11.3 Å². The molecule has 0 saturated heterocycles. The highest BCUT2D eigenvalue weighted by Crippen LogP contribution is 2.21. The molecule has 0 amide bonds. The summed E-state index contributed by atoms with van der Waals surface area (Å²) in [6.45, 7) is 4.19. The minimum absolute atomic E-state index is 0.260. The molecule has 1 atom stereocenters. The maximum Gasteiger partial charge on any atom is 0.0794 e. The molecule has 0 aliphatic heterocycles. The van der Waals surface area contributed by atoms with E-state index in [0.717, 1.165) is 12.1 Å². The first-order valence-corrected chi connectivity index (χ1v) is 6.56. The van der Waals surface area contributed by atoms with Crippen molar-refractivity contribution in [1.29, 1.82) is 0 Å². The van der Waals surface area contributed by atoms with E-state index in [9.17, 15) is 0 Å². The number of thiazole rings is 1. The van der Waals surface area contributed by atoms with Crippen LogP contribution in [0, 0.1) is 13.8 Å². The van der Waals surface area contributed by atoms with E-state index >= 15 is 0 Å². The molecular weight excluding hydrogens is 230 g/mol. The number of nitrogens with one attached hydrogen (secondary N) is 1. The van der Waals surface area contributed by atoms with Crippen molar-refractivity contribution in [2.75, 3.05) is 7.05 Å². The fraction of sp³-hybridized carbons (Fsp3) is 0.385. The Bertz CT molecular complexity index is 479. The third-order valence-corrected chi connectivity index (χ3v) is 3.62. The molecule has 0 aromatic carbocycles. The Labute approximate surface area is 106 Å². The van der Waals surface area contributed by atoms with E-state index in [0.29, 0.717) is 0 Å². The quantitative estimate of drug-likeness (QED) is 0.902. The summed E-state index contributed by atoms with van der Waals surface area (Å²) in [5, 5.41) is 3.33. The second-order valence-corrected chi connectivity index (χ2v) is 5.20. The largest absolute Gasteiger partial charge is 0.311 e. The zero-order chi connectivity index (χ0) is 12.3. The van der Waals surface area contributed by atoms with Crippen LogP contribution in [0.2, 0.25) is 0 Å². The zero-order valence-corrected chi connectivity index (χ0v) is 11.2. The van der Waals surface area contributed by atoms with Gasteiger partial charge in [-0.25, -0.2) is 0 Å². The van der Waals surface area contributed by atoms with Gasteiger partial charge in [0.2, 0.25) is 0 Å². The molecule has 0 aliphatic carbocycles. The monoisotopic (exact) mass is 247 g/mol. The first-order valence-electron chi connectivity index (χ1n) is 5.68. The lowest BCUT2D eigenvalue weighted by Crippen LogP contribution is -2.20. The normalized spacial score (nSPS) is 12.6. The SMILES string of the molecule is CNC(Cc1cncs1)c1ncc(C)cc1C. The lowest BCUT2D eigenvalue weighted by Gasteiger charge is -2.17. The summed E-state index contributed by atoms with van der Waals surface area (Å²) >= 11 is 1.69. The number of hydrogen-bond donors (Lipinski definition) is 1. The molecule has 3 nitrogen and oxygen atoms in total. The Hall–Kier alpha value is -1.26. The molecule has 0 radical (unpaired) electrons. The maximum atomic E-state index is 4.55. The van der Waals surface area contributed by atoms with E-state index < -0.39 is 0 Å². The Balaban J connectivity index is 2.23. The van der Waals surface area contributed by atoms with Gasteiger partial charge in [-0.2, -0.15) is 0 Å². The molecule has 90 valence electrons. The van der Waals surface area contributed by atoms with Crippen molar-refractivity contribution in [3.63, 3.8) is 0 Å². The molecule has 2 rings (SSSR count). The minimum atomic E-state index is 0.260. The second-order valence-electron chi connectivity index (χ2n) is 4.23. The highest BCUT2D eigenvalue weighted by Gasteiger charge is 2.14. The number of hydrogen-bond acceptors (Lipinski definition) is 4. The molecule has 2 aromatic rings. The van der Waals surface area contributed by atoms with Gasteiger partial charge in [0, 0.05) is 23.7 Å². The lowest BCUT2D eigenvalue weighted by atomic mass is 10.0. The summed E-state index contributed by atoms with van der Waals surface area (Å²) in [5.74, 6) is 0. The van der Waals surface area contributed by atoms with Crippen molar-refractivity contribution in [2.24, 2.45) is 0 Å². The average molecular weight is 247 g/mol. The first-order chi connectivity index (χ1) is 8.20. The van der Waals surface area contributed by atoms with E-state index in [4.69, 9.17) is 0 Å². The average Bonchev–Trinajstić information content (AvgIpc) is 2.79. The molecule has 0 aliphatic rings. The molecule has 1 N–H and O–H groups in total. The summed E-state index contributed by atoms with van der Waals surface area (Å²) in [6.07, 6.45) is 4.80. The van der Waals surface area contributed by atoms with Crippen molar-refractivity contribution in [1.82, 2.24) is 15.3 Å².